The fourth-order valence-electron chi connectivity index (χ4n) is 1.78. The zero-order chi connectivity index (χ0) is 14.0. The van der Waals surface area contributed by atoms with Gasteiger partial charge in [-0.15, -0.1) is 0 Å². The van der Waals surface area contributed by atoms with Crippen LogP contribution in [-0.4, -0.2) is 9.55 Å². The van der Waals surface area contributed by atoms with Gasteiger partial charge in [-0.1, -0.05) is 36.2 Å². The van der Waals surface area contributed by atoms with E-state index in [2.05, 4.69) is 4.98 Å². The molecule has 100 valence electrons. The van der Waals surface area contributed by atoms with E-state index in [-0.39, 0.29) is 17.3 Å². The van der Waals surface area contributed by atoms with Crippen LogP contribution in [0.1, 0.15) is 18.3 Å². The first-order valence-electron chi connectivity index (χ1n) is 5.71. The van der Waals surface area contributed by atoms with Gasteiger partial charge in [-0.2, -0.15) is 0 Å². The van der Waals surface area contributed by atoms with Crippen molar-refractivity contribution in [2.45, 2.75) is 19.9 Å². The van der Waals surface area contributed by atoms with Crippen LogP contribution in [0, 0.1) is 5.82 Å². The van der Waals surface area contributed by atoms with Crippen molar-refractivity contribution in [3.63, 3.8) is 0 Å². The van der Waals surface area contributed by atoms with E-state index in [0.29, 0.717) is 22.8 Å². The molecule has 0 bridgehead atoms. The summed E-state index contributed by atoms with van der Waals surface area (Å²) in [5, 5.41) is 0.466. The first kappa shape index (κ1) is 14.0. The summed E-state index contributed by atoms with van der Waals surface area (Å²) >= 11 is 11.4. The van der Waals surface area contributed by atoms with Crippen LogP contribution in [0.3, 0.4) is 0 Å². The Hall–Kier alpha value is -1.39. The predicted octanol–water partition coefficient (Wildman–Crippen LogP) is 3.30. The van der Waals surface area contributed by atoms with Crippen LogP contribution in [0.2, 0.25) is 10.2 Å². The largest absolute Gasteiger partial charge is 0.292 e. The topological polar surface area (TPSA) is 34.9 Å². The fraction of sp³-hybridized carbons (Fsp3) is 0.231. The van der Waals surface area contributed by atoms with E-state index in [0.717, 1.165) is 0 Å². The van der Waals surface area contributed by atoms with E-state index in [4.69, 9.17) is 23.2 Å². The third-order valence-corrected chi connectivity index (χ3v) is 3.14. The molecule has 0 saturated carbocycles. The molecule has 0 radical (unpaired) electrons. The summed E-state index contributed by atoms with van der Waals surface area (Å²) in [6.45, 7) is 1.96. The van der Waals surface area contributed by atoms with Gasteiger partial charge in [-0.05, 0) is 12.1 Å². The van der Waals surface area contributed by atoms with Crippen molar-refractivity contribution in [3.8, 4) is 0 Å². The Balaban J connectivity index is 2.46. The van der Waals surface area contributed by atoms with E-state index in [1.165, 1.54) is 16.7 Å². The summed E-state index contributed by atoms with van der Waals surface area (Å²) < 4.78 is 15.1. The number of rotatable bonds is 3. The van der Waals surface area contributed by atoms with Gasteiger partial charge in [0.1, 0.15) is 16.8 Å². The minimum Gasteiger partial charge on any atom is -0.292 e. The molecule has 1 heterocycles. The molecule has 0 unspecified atom stereocenters. The molecule has 0 aliphatic heterocycles. The van der Waals surface area contributed by atoms with Crippen LogP contribution in [0.4, 0.5) is 4.39 Å². The van der Waals surface area contributed by atoms with Gasteiger partial charge in [-0.25, -0.2) is 9.37 Å². The normalized spacial score (nSPS) is 10.7. The Labute approximate surface area is 119 Å². The SMILES string of the molecule is CCc1nc(Cl)cc(=O)n1Cc1ccc(Cl)cc1F. The highest BCUT2D eigenvalue weighted by molar-refractivity contribution is 6.30. The molecule has 1 aromatic heterocycles. The number of nitrogens with zero attached hydrogens (tertiary/aromatic N) is 2. The predicted molar refractivity (Wildman–Crippen MR) is 73.4 cm³/mol. The van der Waals surface area contributed by atoms with Crippen LogP contribution >= 0.6 is 23.2 Å². The van der Waals surface area contributed by atoms with Crippen molar-refractivity contribution >= 4 is 23.2 Å². The lowest BCUT2D eigenvalue weighted by Crippen LogP contribution is -2.25. The average molecular weight is 301 g/mol. The molecule has 19 heavy (non-hydrogen) atoms. The molecule has 2 rings (SSSR count). The van der Waals surface area contributed by atoms with Gasteiger partial charge in [0.05, 0.1) is 6.54 Å². The monoisotopic (exact) mass is 300 g/mol. The first-order chi connectivity index (χ1) is 9.01. The Morgan fingerprint density at radius 3 is 2.68 bits per heavy atom. The Bertz CT molecular complexity index is 670. The molecule has 0 atom stereocenters. The summed E-state index contributed by atoms with van der Waals surface area (Å²) in [6.07, 6.45) is 0.533. The van der Waals surface area contributed by atoms with Gasteiger partial charge in [0, 0.05) is 23.1 Å². The van der Waals surface area contributed by atoms with Gasteiger partial charge in [0.2, 0.25) is 0 Å². The Kier molecular flexibility index (Phi) is 4.22. The summed E-state index contributed by atoms with van der Waals surface area (Å²) in [5.74, 6) is 0.0725. The zero-order valence-electron chi connectivity index (χ0n) is 10.2. The minimum atomic E-state index is -0.448. The lowest BCUT2D eigenvalue weighted by Gasteiger charge is -2.11. The van der Waals surface area contributed by atoms with Crippen LogP contribution < -0.4 is 5.56 Å². The highest BCUT2D eigenvalue weighted by atomic mass is 35.5. The summed E-state index contributed by atoms with van der Waals surface area (Å²) in [7, 11) is 0. The molecule has 6 heteroatoms. The second-order valence-electron chi connectivity index (χ2n) is 4.01. The van der Waals surface area contributed by atoms with Gasteiger partial charge in [0.15, 0.2) is 0 Å². The summed E-state index contributed by atoms with van der Waals surface area (Å²) in [6, 6.07) is 5.57. The molecular weight excluding hydrogens is 290 g/mol. The maximum Gasteiger partial charge on any atom is 0.255 e. The summed E-state index contributed by atoms with van der Waals surface area (Å²) in [4.78, 5) is 16.0. The standard InChI is InChI=1S/C13H11Cl2FN2O/c1-2-12-17-11(15)6-13(19)18(12)7-8-3-4-9(14)5-10(8)16/h3-6H,2,7H2,1H3. The molecule has 0 fully saturated rings. The number of aromatic nitrogens is 2. The maximum absolute atomic E-state index is 13.7. The zero-order valence-corrected chi connectivity index (χ0v) is 11.7. The molecule has 3 nitrogen and oxygen atoms in total. The molecule has 0 saturated heterocycles. The number of aryl methyl sites for hydroxylation is 1. The lowest BCUT2D eigenvalue weighted by atomic mass is 10.2. The van der Waals surface area contributed by atoms with Crippen LogP contribution in [0.25, 0.3) is 0 Å². The fourth-order valence-corrected chi connectivity index (χ4v) is 2.13. The van der Waals surface area contributed by atoms with E-state index in [1.807, 2.05) is 6.92 Å². The number of hydrogen-bond donors (Lipinski definition) is 0. The van der Waals surface area contributed by atoms with Gasteiger partial charge in [0.25, 0.3) is 5.56 Å². The second kappa shape index (κ2) is 5.72. The van der Waals surface area contributed by atoms with Crippen LogP contribution in [-0.2, 0) is 13.0 Å². The molecule has 0 aliphatic rings. The smallest absolute Gasteiger partial charge is 0.255 e. The molecule has 0 aliphatic carbocycles. The summed E-state index contributed by atoms with van der Waals surface area (Å²) in [5.41, 5.74) is 0.0801. The van der Waals surface area contributed by atoms with Gasteiger partial charge < -0.3 is 0 Å². The van der Waals surface area contributed by atoms with Crippen molar-refractivity contribution in [1.29, 1.82) is 0 Å². The van der Waals surface area contributed by atoms with Gasteiger partial charge >= 0.3 is 0 Å². The molecular formula is C13H11Cl2FN2O. The Morgan fingerprint density at radius 2 is 2.05 bits per heavy atom. The molecule has 1 aromatic carbocycles. The minimum absolute atomic E-state index is 0.106. The molecule has 2 aromatic rings. The van der Waals surface area contributed by atoms with Crippen molar-refractivity contribution < 1.29 is 4.39 Å². The van der Waals surface area contributed by atoms with Crippen molar-refractivity contribution in [2.24, 2.45) is 0 Å². The van der Waals surface area contributed by atoms with E-state index < -0.39 is 5.82 Å². The molecule has 0 spiro atoms. The maximum atomic E-state index is 13.7. The highest BCUT2D eigenvalue weighted by Gasteiger charge is 2.10. The quantitative estimate of drug-likeness (QED) is 0.815. The highest BCUT2D eigenvalue weighted by Crippen LogP contribution is 2.16. The van der Waals surface area contributed by atoms with Crippen molar-refractivity contribution in [2.75, 3.05) is 0 Å². The third-order valence-electron chi connectivity index (χ3n) is 2.72. The Morgan fingerprint density at radius 1 is 1.32 bits per heavy atom. The number of hydrogen-bond acceptors (Lipinski definition) is 2. The average Bonchev–Trinajstić information content (AvgIpc) is 2.34. The van der Waals surface area contributed by atoms with Crippen LogP contribution in [0.5, 0.6) is 0 Å². The molecule has 0 N–H and O–H groups in total. The number of halogens is 3. The van der Waals surface area contributed by atoms with E-state index in [1.54, 1.807) is 12.1 Å². The number of benzene rings is 1. The molecule has 0 amide bonds. The third kappa shape index (κ3) is 3.14. The van der Waals surface area contributed by atoms with E-state index >= 15 is 0 Å². The first-order valence-corrected chi connectivity index (χ1v) is 6.47. The lowest BCUT2D eigenvalue weighted by molar-refractivity contribution is 0.586. The van der Waals surface area contributed by atoms with Crippen LogP contribution in [0.15, 0.2) is 29.1 Å². The van der Waals surface area contributed by atoms with Crippen molar-refractivity contribution in [1.82, 2.24) is 9.55 Å². The second-order valence-corrected chi connectivity index (χ2v) is 4.83. The van der Waals surface area contributed by atoms with Crippen molar-refractivity contribution in [3.05, 3.63) is 62.0 Å². The van der Waals surface area contributed by atoms with Gasteiger partial charge in [-0.3, -0.25) is 9.36 Å². The van der Waals surface area contributed by atoms with E-state index in [9.17, 15) is 9.18 Å².